The number of rotatable bonds is 6. The topological polar surface area (TPSA) is 62.7 Å². The lowest BCUT2D eigenvalue weighted by Crippen LogP contribution is -2.24. The second-order valence-corrected chi connectivity index (χ2v) is 5.93. The van der Waals surface area contributed by atoms with Crippen LogP contribution in [0.5, 0.6) is 0 Å². The van der Waals surface area contributed by atoms with Crippen molar-refractivity contribution in [3.05, 3.63) is 5.82 Å². The van der Waals surface area contributed by atoms with E-state index < -0.39 is 0 Å². The van der Waals surface area contributed by atoms with Crippen molar-refractivity contribution < 1.29 is 0 Å². The van der Waals surface area contributed by atoms with Crippen LogP contribution in [0.1, 0.15) is 65.1 Å². The van der Waals surface area contributed by atoms with E-state index in [1.54, 1.807) is 0 Å². The summed E-state index contributed by atoms with van der Waals surface area (Å²) < 4.78 is 0. The van der Waals surface area contributed by atoms with E-state index in [2.05, 4.69) is 46.4 Å². The molecule has 0 aromatic carbocycles. The molecule has 1 fully saturated rings. The van der Waals surface area contributed by atoms with Crippen LogP contribution in [0.15, 0.2) is 0 Å². The molecule has 20 heavy (non-hydrogen) atoms. The zero-order valence-electron chi connectivity index (χ0n) is 12.9. The van der Waals surface area contributed by atoms with Gasteiger partial charge in [-0.15, -0.1) is 0 Å². The number of nitrogens with one attached hydrogen (secondary N) is 2. The van der Waals surface area contributed by atoms with Gasteiger partial charge in [0.1, 0.15) is 5.82 Å². The van der Waals surface area contributed by atoms with E-state index in [4.69, 9.17) is 0 Å². The van der Waals surface area contributed by atoms with E-state index in [-0.39, 0.29) is 0 Å². The number of hydrogen-bond donors (Lipinski definition) is 2. The van der Waals surface area contributed by atoms with Crippen LogP contribution in [-0.2, 0) is 6.42 Å². The Kier molecular flexibility index (Phi) is 5.56. The Morgan fingerprint density at radius 3 is 2.40 bits per heavy atom. The first-order chi connectivity index (χ1) is 9.67. The largest absolute Gasteiger partial charge is 0.352 e. The number of aryl methyl sites for hydroxylation is 1. The van der Waals surface area contributed by atoms with Gasteiger partial charge in [-0.05, 0) is 33.1 Å². The summed E-state index contributed by atoms with van der Waals surface area (Å²) in [6.45, 7) is 6.34. The fraction of sp³-hybridized carbons (Fsp3) is 0.800. The Balaban J connectivity index is 2.10. The summed E-state index contributed by atoms with van der Waals surface area (Å²) in [5.74, 6) is 2.30. The zero-order chi connectivity index (χ0) is 14.4. The van der Waals surface area contributed by atoms with Gasteiger partial charge in [-0.3, -0.25) is 0 Å². The Morgan fingerprint density at radius 2 is 1.75 bits per heavy atom. The normalized spacial score (nSPS) is 16.4. The summed E-state index contributed by atoms with van der Waals surface area (Å²) in [5, 5.41) is 6.77. The van der Waals surface area contributed by atoms with Crippen molar-refractivity contribution in [2.75, 3.05) is 10.6 Å². The highest BCUT2D eigenvalue weighted by Crippen LogP contribution is 2.20. The molecule has 0 unspecified atom stereocenters. The zero-order valence-corrected chi connectivity index (χ0v) is 12.9. The second kappa shape index (κ2) is 7.41. The highest BCUT2D eigenvalue weighted by molar-refractivity contribution is 5.35. The molecule has 0 amide bonds. The van der Waals surface area contributed by atoms with Crippen LogP contribution in [0.2, 0.25) is 0 Å². The molecule has 112 valence electrons. The number of aromatic nitrogens is 3. The number of hydrogen-bond acceptors (Lipinski definition) is 5. The summed E-state index contributed by atoms with van der Waals surface area (Å²) >= 11 is 0. The molecular formula is C15H27N5. The van der Waals surface area contributed by atoms with Crippen molar-refractivity contribution in [2.45, 2.75) is 77.8 Å². The highest BCUT2D eigenvalue weighted by Gasteiger charge is 2.15. The predicted molar refractivity (Wildman–Crippen MR) is 83.1 cm³/mol. The summed E-state index contributed by atoms with van der Waals surface area (Å²) in [4.78, 5) is 13.5. The molecule has 5 nitrogen and oxygen atoms in total. The molecule has 1 aliphatic rings. The molecule has 1 aromatic rings. The lowest BCUT2D eigenvalue weighted by atomic mass is 9.96. The maximum atomic E-state index is 4.55. The summed E-state index contributed by atoms with van der Waals surface area (Å²) in [6, 6.07) is 0.849. The smallest absolute Gasteiger partial charge is 0.227 e. The van der Waals surface area contributed by atoms with Gasteiger partial charge in [-0.2, -0.15) is 15.0 Å². The molecule has 0 bridgehead atoms. The van der Waals surface area contributed by atoms with Crippen molar-refractivity contribution in [3.8, 4) is 0 Å². The first-order valence-corrected chi connectivity index (χ1v) is 7.95. The summed E-state index contributed by atoms with van der Waals surface area (Å²) in [6.07, 6.45) is 8.37. The molecule has 0 radical (unpaired) electrons. The van der Waals surface area contributed by atoms with E-state index in [0.29, 0.717) is 18.0 Å². The molecule has 2 N–H and O–H groups in total. The molecule has 1 heterocycles. The molecule has 0 spiro atoms. The third kappa shape index (κ3) is 4.62. The lowest BCUT2D eigenvalue weighted by Gasteiger charge is -2.23. The second-order valence-electron chi connectivity index (χ2n) is 5.93. The van der Waals surface area contributed by atoms with Gasteiger partial charge in [0.25, 0.3) is 0 Å². The number of nitrogens with zero attached hydrogens (tertiary/aromatic N) is 3. The minimum Gasteiger partial charge on any atom is -0.352 e. The Morgan fingerprint density at radius 1 is 1.05 bits per heavy atom. The molecule has 1 aliphatic carbocycles. The minimum atomic E-state index is 0.328. The fourth-order valence-electron chi connectivity index (χ4n) is 2.57. The third-order valence-corrected chi connectivity index (χ3v) is 3.51. The van der Waals surface area contributed by atoms with Crippen LogP contribution in [-0.4, -0.2) is 27.0 Å². The average molecular weight is 277 g/mol. The molecule has 1 saturated carbocycles. The van der Waals surface area contributed by atoms with Gasteiger partial charge in [0.05, 0.1) is 0 Å². The van der Waals surface area contributed by atoms with Crippen LogP contribution < -0.4 is 10.6 Å². The first kappa shape index (κ1) is 15.0. The molecule has 1 aromatic heterocycles. The van der Waals surface area contributed by atoms with Gasteiger partial charge in [0.15, 0.2) is 0 Å². The third-order valence-electron chi connectivity index (χ3n) is 3.51. The van der Waals surface area contributed by atoms with E-state index in [9.17, 15) is 0 Å². The molecule has 0 saturated heterocycles. The first-order valence-electron chi connectivity index (χ1n) is 7.95. The van der Waals surface area contributed by atoms with Crippen LogP contribution in [0.4, 0.5) is 11.9 Å². The monoisotopic (exact) mass is 277 g/mol. The Bertz CT molecular complexity index is 413. The van der Waals surface area contributed by atoms with E-state index in [0.717, 1.165) is 24.6 Å². The SMILES string of the molecule is CCCc1nc(NC(C)C)nc(NC2CCCCC2)n1. The maximum absolute atomic E-state index is 4.55. The van der Waals surface area contributed by atoms with Gasteiger partial charge >= 0.3 is 0 Å². The molecule has 0 atom stereocenters. The lowest BCUT2D eigenvalue weighted by molar-refractivity contribution is 0.460. The van der Waals surface area contributed by atoms with Crippen LogP contribution in [0.25, 0.3) is 0 Å². The van der Waals surface area contributed by atoms with E-state index >= 15 is 0 Å². The van der Waals surface area contributed by atoms with Crippen LogP contribution in [0.3, 0.4) is 0 Å². The fourth-order valence-corrected chi connectivity index (χ4v) is 2.57. The molecule has 2 rings (SSSR count). The van der Waals surface area contributed by atoms with E-state index in [1.807, 2.05) is 0 Å². The van der Waals surface area contributed by atoms with Crippen molar-refractivity contribution in [2.24, 2.45) is 0 Å². The summed E-state index contributed by atoms with van der Waals surface area (Å²) in [7, 11) is 0. The average Bonchev–Trinajstić information content (AvgIpc) is 2.39. The van der Waals surface area contributed by atoms with Crippen molar-refractivity contribution in [1.82, 2.24) is 15.0 Å². The quantitative estimate of drug-likeness (QED) is 0.834. The Labute approximate surface area is 122 Å². The van der Waals surface area contributed by atoms with Crippen molar-refractivity contribution in [3.63, 3.8) is 0 Å². The predicted octanol–water partition coefficient (Wildman–Crippen LogP) is 3.39. The van der Waals surface area contributed by atoms with Crippen LogP contribution >= 0.6 is 0 Å². The molecule has 0 aliphatic heterocycles. The maximum Gasteiger partial charge on any atom is 0.227 e. The van der Waals surface area contributed by atoms with Gasteiger partial charge in [-0.1, -0.05) is 26.2 Å². The van der Waals surface area contributed by atoms with Gasteiger partial charge < -0.3 is 10.6 Å². The van der Waals surface area contributed by atoms with Crippen molar-refractivity contribution in [1.29, 1.82) is 0 Å². The number of anilines is 2. The van der Waals surface area contributed by atoms with Crippen LogP contribution in [0, 0.1) is 0 Å². The van der Waals surface area contributed by atoms with Gasteiger partial charge in [0, 0.05) is 18.5 Å². The Hall–Kier alpha value is -1.39. The van der Waals surface area contributed by atoms with Gasteiger partial charge in [0.2, 0.25) is 11.9 Å². The van der Waals surface area contributed by atoms with E-state index in [1.165, 1.54) is 32.1 Å². The minimum absolute atomic E-state index is 0.328. The van der Waals surface area contributed by atoms with Gasteiger partial charge in [-0.25, -0.2) is 0 Å². The van der Waals surface area contributed by atoms with Crippen molar-refractivity contribution >= 4 is 11.9 Å². The molecule has 5 heteroatoms. The standard InChI is InChI=1S/C15H27N5/c1-4-8-13-18-14(16-11(2)3)20-15(19-13)17-12-9-6-5-7-10-12/h11-12H,4-10H2,1-3H3,(H2,16,17,18,19,20). The molecular weight excluding hydrogens is 250 g/mol. The summed E-state index contributed by atoms with van der Waals surface area (Å²) in [5.41, 5.74) is 0. The highest BCUT2D eigenvalue weighted by atomic mass is 15.2.